The summed E-state index contributed by atoms with van der Waals surface area (Å²) in [5.41, 5.74) is 5.67. The molecule has 1 aromatic heterocycles. The maximum absolute atomic E-state index is 12.3. The molecule has 0 saturated carbocycles. The van der Waals surface area contributed by atoms with Crippen molar-refractivity contribution in [3.05, 3.63) is 17.8 Å². The van der Waals surface area contributed by atoms with Gasteiger partial charge in [0.15, 0.2) is 0 Å². The van der Waals surface area contributed by atoms with Crippen LogP contribution in [0, 0.1) is 0 Å². The van der Waals surface area contributed by atoms with Crippen LogP contribution in [-0.4, -0.2) is 30.2 Å². The SMILES string of the molecule is NC(=O)c1nc([C@H]2CN[C@H](CF)C2)co1. The molecule has 2 heterocycles. The van der Waals surface area contributed by atoms with Gasteiger partial charge in [0.05, 0.1) is 5.69 Å². The molecular formula is C9H12FN3O2. The molecule has 0 radical (unpaired) electrons. The third-order valence-electron chi connectivity index (χ3n) is 2.56. The van der Waals surface area contributed by atoms with Crippen LogP contribution in [0.5, 0.6) is 0 Å². The van der Waals surface area contributed by atoms with Gasteiger partial charge in [-0.1, -0.05) is 0 Å². The zero-order valence-electron chi connectivity index (χ0n) is 8.07. The maximum atomic E-state index is 12.3. The van der Waals surface area contributed by atoms with Crippen molar-refractivity contribution in [3.63, 3.8) is 0 Å². The van der Waals surface area contributed by atoms with E-state index in [1.54, 1.807) is 0 Å². The van der Waals surface area contributed by atoms with Crippen LogP contribution in [0.1, 0.15) is 28.7 Å². The van der Waals surface area contributed by atoms with Gasteiger partial charge in [-0.25, -0.2) is 9.37 Å². The van der Waals surface area contributed by atoms with E-state index in [4.69, 9.17) is 10.2 Å². The van der Waals surface area contributed by atoms with Crippen molar-refractivity contribution >= 4 is 5.91 Å². The van der Waals surface area contributed by atoms with Crippen LogP contribution in [0.4, 0.5) is 4.39 Å². The minimum atomic E-state index is -0.686. The van der Waals surface area contributed by atoms with E-state index in [1.165, 1.54) is 6.26 Å². The number of primary amides is 1. The fraction of sp³-hybridized carbons (Fsp3) is 0.556. The van der Waals surface area contributed by atoms with Gasteiger partial charge in [-0.3, -0.25) is 4.79 Å². The van der Waals surface area contributed by atoms with Crippen molar-refractivity contribution in [2.75, 3.05) is 13.2 Å². The highest BCUT2D eigenvalue weighted by molar-refractivity contribution is 5.87. The minimum absolute atomic E-state index is 0.0892. The molecule has 3 N–H and O–H groups in total. The Morgan fingerprint density at radius 3 is 3.13 bits per heavy atom. The third-order valence-corrected chi connectivity index (χ3v) is 2.56. The van der Waals surface area contributed by atoms with E-state index in [0.29, 0.717) is 18.7 Å². The Balaban J connectivity index is 2.07. The number of hydrogen-bond acceptors (Lipinski definition) is 4. The van der Waals surface area contributed by atoms with Crippen molar-refractivity contribution < 1.29 is 13.6 Å². The van der Waals surface area contributed by atoms with E-state index in [9.17, 15) is 9.18 Å². The summed E-state index contributed by atoms with van der Waals surface area (Å²) < 4.78 is 17.2. The Hall–Kier alpha value is -1.43. The minimum Gasteiger partial charge on any atom is -0.441 e. The number of halogens is 1. The summed E-state index contributed by atoms with van der Waals surface area (Å²) >= 11 is 0. The lowest BCUT2D eigenvalue weighted by molar-refractivity contribution is 0.0967. The number of aromatic nitrogens is 1. The smallest absolute Gasteiger partial charge is 0.304 e. The molecule has 1 saturated heterocycles. The summed E-state index contributed by atoms with van der Waals surface area (Å²) in [6, 6.07) is -0.122. The van der Waals surface area contributed by atoms with E-state index in [2.05, 4.69) is 10.3 Å². The van der Waals surface area contributed by atoms with Gasteiger partial charge < -0.3 is 15.5 Å². The second-order valence-corrected chi connectivity index (χ2v) is 3.63. The number of rotatable bonds is 3. The molecule has 0 aliphatic carbocycles. The molecule has 1 amide bonds. The summed E-state index contributed by atoms with van der Waals surface area (Å²) in [5, 5.41) is 3.02. The first-order chi connectivity index (χ1) is 7.20. The normalized spacial score (nSPS) is 25.7. The Morgan fingerprint density at radius 1 is 1.80 bits per heavy atom. The van der Waals surface area contributed by atoms with Crippen molar-refractivity contribution in [1.82, 2.24) is 10.3 Å². The molecule has 1 aliphatic rings. The molecule has 0 spiro atoms. The van der Waals surface area contributed by atoms with Crippen LogP contribution in [0.15, 0.2) is 10.7 Å². The first kappa shape index (κ1) is 10.1. The first-order valence-electron chi connectivity index (χ1n) is 4.75. The Labute approximate surface area is 85.8 Å². The quantitative estimate of drug-likeness (QED) is 0.750. The average molecular weight is 213 g/mol. The van der Waals surface area contributed by atoms with Crippen molar-refractivity contribution in [2.45, 2.75) is 18.4 Å². The monoisotopic (exact) mass is 213 g/mol. The second kappa shape index (κ2) is 3.98. The van der Waals surface area contributed by atoms with Crippen LogP contribution in [0.2, 0.25) is 0 Å². The zero-order valence-corrected chi connectivity index (χ0v) is 8.07. The number of alkyl halides is 1. The summed E-state index contributed by atoms with van der Waals surface area (Å²) in [6.07, 6.45) is 2.08. The lowest BCUT2D eigenvalue weighted by atomic mass is 10.0. The predicted molar refractivity (Wildman–Crippen MR) is 50.1 cm³/mol. The number of oxazole rings is 1. The Bertz CT molecular complexity index is 366. The zero-order chi connectivity index (χ0) is 10.8. The molecule has 1 fully saturated rings. The molecule has 2 rings (SSSR count). The number of carbonyl (C=O) groups excluding carboxylic acids is 1. The Morgan fingerprint density at radius 2 is 2.60 bits per heavy atom. The molecule has 1 aromatic rings. The van der Waals surface area contributed by atoms with E-state index in [0.717, 1.165) is 0 Å². The lowest BCUT2D eigenvalue weighted by Crippen LogP contribution is -2.22. The highest BCUT2D eigenvalue weighted by atomic mass is 19.1. The number of carbonyl (C=O) groups is 1. The average Bonchev–Trinajstić information content (AvgIpc) is 2.86. The number of nitrogens with zero attached hydrogens (tertiary/aromatic N) is 1. The fourth-order valence-corrected chi connectivity index (χ4v) is 1.75. The number of hydrogen-bond donors (Lipinski definition) is 2. The molecule has 0 aromatic carbocycles. The summed E-state index contributed by atoms with van der Waals surface area (Å²) in [4.78, 5) is 14.7. The second-order valence-electron chi connectivity index (χ2n) is 3.63. The highest BCUT2D eigenvalue weighted by Gasteiger charge is 2.27. The molecule has 1 aliphatic heterocycles. The van der Waals surface area contributed by atoms with Gasteiger partial charge >= 0.3 is 5.91 Å². The van der Waals surface area contributed by atoms with Gasteiger partial charge in [0, 0.05) is 18.5 Å². The highest BCUT2D eigenvalue weighted by Crippen LogP contribution is 2.25. The molecule has 2 atom stereocenters. The summed E-state index contributed by atoms with van der Waals surface area (Å²) in [5.74, 6) is -0.675. The predicted octanol–water partition coefficient (Wildman–Crippen LogP) is 0.188. The maximum Gasteiger partial charge on any atom is 0.304 e. The third kappa shape index (κ3) is 1.99. The molecule has 5 nitrogen and oxygen atoms in total. The topological polar surface area (TPSA) is 81.2 Å². The Kier molecular flexibility index (Phi) is 2.68. The van der Waals surface area contributed by atoms with Crippen molar-refractivity contribution in [2.24, 2.45) is 5.73 Å². The molecule has 0 bridgehead atoms. The van der Waals surface area contributed by atoms with Crippen LogP contribution < -0.4 is 11.1 Å². The van der Waals surface area contributed by atoms with Crippen LogP contribution >= 0.6 is 0 Å². The molecule has 0 unspecified atom stereocenters. The van der Waals surface area contributed by atoms with Crippen molar-refractivity contribution in [1.29, 1.82) is 0 Å². The first-order valence-corrected chi connectivity index (χ1v) is 4.75. The van der Waals surface area contributed by atoms with E-state index in [-0.39, 0.29) is 17.9 Å². The van der Waals surface area contributed by atoms with E-state index < -0.39 is 12.6 Å². The van der Waals surface area contributed by atoms with Gasteiger partial charge in [-0.2, -0.15) is 0 Å². The van der Waals surface area contributed by atoms with E-state index in [1.807, 2.05) is 0 Å². The molecular weight excluding hydrogens is 201 g/mol. The fourth-order valence-electron chi connectivity index (χ4n) is 1.75. The van der Waals surface area contributed by atoms with Gasteiger partial charge in [0.1, 0.15) is 12.9 Å². The van der Waals surface area contributed by atoms with Gasteiger partial charge in [-0.05, 0) is 6.42 Å². The molecule has 15 heavy (non-hydrogen) atoms. The van der Waals surface area contributed by atoms with Crippen LogP contribution in [0.3, 0.4) is 0 Å². The summed E-state index contributed by atoms with van der Waals surface area (Å²) in [6.45, 7) is 0.260. The standard InChI is InChI=1S/C9H12FN3O2/c10-2-6-1-5(3-12-6)7-4-15-9(13-7)8(11)14/h4-6,12H,1-3H2,(H2,11,14)/t5-,6+/m1/s1. The molecule has 82 valence electrons. The number of nitrogens with two attached hydrogens (primary N) is 1. The number of nitrogens with one attached hydrogen (secondary N) is 1. The lowest BCUT2D eigenvalue weighted by Gasteiger charge is -2.02. The van der Waals surface area contributed by atoms with Gasteiger partial charge in [-0.15, -0.1) is 0 Å². The van der Waals surface area contributed by atoms with Gasteiger partial charge in [0.25, 0.3) is 5.89 Å². The largest absolute Gasteiger partial charge is 0.441 e. The van der Waals surface area contributed by atoms with Crippen molar-refractivity contribution in [3.8, 4) is 0 Å². The van der Waals surface area contributed by atoms with Crippen LogP contribution in [0.25, 0.3) is 0 Å². The number of amides is 1. The van der Waals surface area contributed by atoms with E-state index >= 15 is 0 Å². The summed E-state index contributed by atoms with van der Waals surface area (Å²) in [7, 11) is 0. The molecule has 6 heteroatoms. The van der Waals surface area contributed by atoms with Gasteiger partial charge in [0.2, 0.25) is 0 Å². The van der Waals surface area contributed by atoms with Crippen LogP contribution in [-0.2, 0) is 0 Å².